The van der Waals surface area contributed by atoms with E-state index in [1.54, 1.807) is 30.3 Å². The molecule has 5 N–H and O–H groups in total. The minimum atomic E-state index is -1.08. The van der Waals surface area contributed by atoms with Crippen molar-refractivity contribution < 1.29 is 23.8 Å². The van der Waals surface area contributed by atoms with Gasteiger partial charge in [-0.15, -0.1) is 11.3 Å². The molecule has 0 saturated carbocycles. The number of nitrogens with zero attached hydrogens (tertiary/aromatic N) is 2. The first kappa shape index (κ1) is 22.5. The predicted octanol–water partition coefficient (Wildman–Crippen LogP) is 2.82. The Hall–Kier alpha value is -3.81. The van der Waals surface area contributed by atoms with Gasteiger partial charge >= 0.3 is 5.97 Å². The number of thiazole rings is 1. The Labute approximate surface area is 175 Å². The molecule has 0 radical (unpaired) electrons. The molecule has 2 aromatic carbocycles. The first-order chi connectivity index (χ1) is 14.3. The standard InChI is InChI=1S/C11H6N2O3S.C9H11FN2O/c12-5-7-2-1-3-8(4-7)16-10-9(11(14)15)17-6-13-10;10-8-3-6(4-9(12)13)1-2-7(8)5-11/h1-4,6H,(H,14,15);1-3H,4-5,11H2,(H2,12,13). The third-order valence-corrected chi connectivity index (χ3v) is 4.42. The summed E-state index contributed by atoms with van der Waals surface area (Å²) in [6.45, 7) is 0.155. The molecule has 154 valence electrons. The average Bonchev–Trinajstić information content (AvgIpc) is 3.17. The summed E-state index contributed by atoms with van der Waals surface area (Å²) >= 11 is 0.986. The number of aromatic carboxylic acids is 1. The van der Waals surface area contributed by atoms with E-state index >= 15 is 0 Å². The predicted molar refractivity (Wildman–Crippen MR) is 107 cm³/mol. The lowest BCUT2D eigenvalue weighted by Gasteiger charge is -2.03. The van der Waals surface area contributed by atoms with E-state index < -0.39 is 11.9 Å². The zero-order valence-corrected chi connectivity index (χ0v) is 16.4. The summed E-state index contributed by atoms with van der Waals surface area (Å²) in [6.07, 6.45) is 0.0573. The van der Waals surface area contributed by atoms with Crippen LogP contribution in [-0.4, -0.2) is 22.0 Å². The fourth-order valence-electron chi connectivity index (χ4n) is 2.26. The molecule has 3 aromatic rings. The normalized spacial score (nSPS) is 9.77. The second-order valence-electron chi connectivity index (χ2n) is 5.81. The van der Waals surface area contributed by atoms with Gasteiger partial charge in [-0.2, -0.15) is 5.26 Å². The number of benzene rings is 2. The summed E-state index contributed by atoms with van der Waals surface area (Å²) in [5.41, 5.74) is 13.1. The number of aromatic nitrogens is 1. The summed E-state index contributed by atoms with van der Waals surface area (Å²) < 4.78 is 18.4. The van der Waals surface area contributed by atoms with Crippen molar-refractivity contribution in [2.24, 2.45) is 11.5 Å². The van der Waals surface area contributed by atoms with E-state index in [1.165, 1.54) is 17.6 Å². The largest absolute Gasteiger partial charge is 0.477 e. The molecule has 0 aliphatic rings. The minimum Gasteiger partial charge on any atom is -0.477 e. The van der Waals surface area contributed by atoms with Gasteiger partial charge in [0.1, 0.15) is 11.6 Å². The molecule has 0 aliphatic carbocycles. The van der Waals surface area contributed by atoms with Crippen molar-refractivity contribution in [2.45, 2.75) is 13.0 Å². The van der Waals surface area contributed by atoms with Crippen molar-refractivity contribution in [3.63, 3.8) is 0 Å². The number of ether oxygens (including phenoxy) is 1. The van der Waals surface area contributed by atoms with Crippen molar-refractivity contribution >= 4 is 23.2 Å². The summed E-state index contributed by atoms with van der Waals surface area (Å²) in [6, 6.07) is 12.9. The number of hydrogen-bond acceptors (Lipinski definition) is 7. The summed E-state index contributed by atoms with van der Waals surface area (Å²) in [7, 11) is 0. The molecule has 0 atom stereocenters. The highest BCUT2D eigenvalue weighted by atomic mass is 32.1. The lowest BCUT2D eigenvalue weighted by molar-refractivity contribution is -0.117. The number of nitrogens with two attached hydrogens (primary N) is 2. The van der Waals surface area contributed by atoms with Crippen molar-refractivity contribution in [2.75, 3.05) is 0 Å². The molecule has 1 amide bonds. The van der Waals surface area contributed by atoms with Crippen molar-refractivity contribution in [1.29, 1.82) is 5.26 Å². The first-order valence-electron chi connectivity index (χ1n) is 8.44. The van der Waals surface area contributed by atoms with Gasteiger partial charge in [-0.1, -0.05) is 18.2 Å². The fraction of sp³-hybridized carbons (Fsp3) is 0.100. The third kappa shape index (κ3) is 6.37. The number of halogens is 1. The van der Waals surface area contributed by atoms with Gasteiger partial charge in [0, 0.05) is 12.1 Å². The quantitative estimate of drug-likeness (QED) is 0.546. The van der Waals surface area contributed by atoms with Crippen LogP contribution in [0, 0.1) is 17.1 Å². The van der Waals surface area contributed by atoms with Gasteiger partial charge in [0.25, 0.3) is 0 Å². The van der Waals surface area contributed by atoms with E-state index in [-0.39, 0.29) is 29.5 Å². The van der Waals surface area contributed by atoms with Gasteiger partial charge in [-0.3, -0.25) is 4.79 Å². The van der Waals surface area contributed by atoms with Gasteiger partial charge in [-0.25, -0.2) is 14.2 Å². The smallest absolute Gasteiger partial charge is 0.351 e. The van der Waals surface area contributed by atoms with Gasteiger partial charge in [0.15, 0.2) is 4.88 Å². The van der Waals surface area contributed by atoms with Crippen LogP contribution >= 0.6 is 11.3 Å². The number of hydrogen-bond donors (Lipinski definition) is 3. The van der Waals surface area contributed by atoms with Crippen LogP contribution in [0.25, 0.3) is 0 Å². The zero-order chi connectivity index (χ0) is 22.1. The van der Waals surface area contributed by atoms with Crippen LogP contribution in [0.4, 0.5) is 4.39 Å². The Morgan fingerprint density at radius 1 is 1.27 bits per heavy atom. The lowest BCUT2D eigenvalue weighted by Crippen LogP contribution is -2.14. The van der Waals surface area contributed by atoms with Crippen LogP contribution in [0.1, 0.15) is 26.4 Å². The second kappa shape index (κ2) is 10.7. The highest BCUT2D eigenvalue weighted by Gasteiger charge is 2.15. The van der Waals surface area contributed by atoms with Gasteiger partial charge in [0.2, 0.25) is 11.8 Å². The van der Waals surface area contributed by atoms with Crippen LogP contribution < -0.4 is 16.2 Å². The molecule has 0 fully saturated rings. The number of nitriles is 1. The number of carboxylic acid groups (broad SMARTS) is 1. The van der Waals surface area contributed by atoms with Crippen LogP contribution in [0.15, 0.2) is 48.0 Å². The Bertz CT molecular complexity index is 1090. The monoisotopic (exact) mass is 428 g/mol. The van der Waals surface area contributed by atoms with Crippen LogP contribution in [0.3, 0.4) is 0 Å². The maximum absolute atomic E-state index is 13.1. The SMILES string of the molecule is N#Cc1cccc(Oc2ncsc2C(=O)O)c1.NCc1ccc(CC(N)=O)cc1F. The van der Waals surface area contributed by atoms with Crippen molar-refractivity contribution in [1.82, 2.24) is 4.98 Å². The molecule has 1 aromatic heterocycles. The summed E-state index contributed by atoms with van der Waals surface area (Å²) in [4.78, 5) is 25.2. The molecule has 10 heteroatoms. The van der Waals surface area contributed by atoms with Gasteiger partial charge in [0.05, 0.1) is 23.6 Å². The molecule has 0 spiro atoms. The second-order valence-corrected chi connectivity index (χ2v) is 6.66. The number of carboxylic acids is 1. The minimum absolute atomic E-state index is 0.0346. The van der Waals surface area contributed by atoms with E-state index in [0.29, 0.717) is 22.4 Å². The molecule has 1 heterocycles. The summed E-state index contributed by atoms with van der Waals surface area (Å²) in [5.74, 6) is -1.52. The van der Waals surface area contributed by atoms with Crippen LogP contribution in [0.2, 0.25) is 0 Å². The fourth-order valence-corrected chi connectivity index (χ4v) is 2.81. The molecule has 30 heavy (non-hydrogen) atoms. The Balaban J connectivity index is 0.000000222. The molecule has 0 aliphatic heterocycles. The number of carbonyl (C=O) groups is 2. The van der Waals surface area contributed by atoms with Gasteiger partial charge < -0.3 is 21.3 Å². The van der Waals surface area contributed by atoms with Crippen molar-refractivity contribution in [3.8, 4) is 17.7 Å². The molecule has 8 nitrogen and oxygen atoms in total. The van der Waals surface area contributed by atoms with E-state index in [4.69, 9.17) is 26.6 Å². The lowest BCUT2D eigenvalue weighted by atomic mass is 10.1. The maximum atomic E-state index is 13.1. The number of amides is 1. The Morgan fingerprint density at radius 2 is 2.03 bits per heavy atom. The van der Waals surface area contributed by atoms with E-state index in [0.717, 1.165) is 11.3 Å². The molecule has 0 saturated heterocycles. The first-order valence-corrected chi connectivity index (χ1v) is 9.32. The molecular formula is C20H17FN4O4S. The zero-order valence-electron chi connectivity index (χ0n) is 15.5. The van der Waals surface area contributed by atoms with Gasteiger partial charge in [-0.05, 0) is 29.8 Å². The highest BCUT2D eigenvalue weighted by molar-refractivity contribution is 7.12. The highest BCUT2D eigenvalue weighted by Crippen LogP contribution is 2.27. The Morgan fingerprint density at radius 3 is 2.63 bits per heavy atom. The van der Waals surface area contributed by atoms with Crippen molar-refractivity contribution in [3.05, 3.63) is 75.4 Å². The molecular weight excluding hydrogens is 411 g/mol. The molecule has 0 unspecified atom stereocenters. The Kier molecular flexibility index (Phi) is 7.99. The van der Waals surface area contributed by atoms with Crippen LogP contribution in [0.5, 0.6) is 11.6 Å². The average molecular weight is 428 g/mol. The number of rotatable bonds is 6. The van der Waals surface area contributed by atoms with E-state index in [1.807, 2.05) is 6.07 Å². The summed E-state index contributed by atoms with van der Waals surface area (Å²) in [5, 5.41) is 17.6. The molecule has 0 bridgehead atoms. The number of carbonyl (C=O) groups excluding carboxylic acids is 1. The number of primary amides is 1. The molecule has 3 rings (SSSR count). The van der Waals surface area contributed by atoms with E-state index in [9.17, 15) is 14.0 Å². The maximum Gasteiger partial charge on any atom is 0.351 e. The van der Waals surface area contributed by atoms with E-state index in [2.05, 4.69) is 4.98 Å². The third-order valence-electron chi connectivity index (χ3n) is 3.62. The topological polar surface area (TPSA) is 152 Å². The van der Waals surface area contributed by atoms with Crippen LogP contribution in [-0.2, 0) is 17.8 Å².